The fourth-order valence-corrected chi connectivity index (χ4v) is 1.69. The van der Waals surface area contributed by atoms with Crippen molar-refractivity contribution in [2.45, 2.75) is 0 Å². The van der Waals surface area contributed by atoms with Crippen LogP contribution < -0.4 is 5.30 Å². The second-order valence-corrected chi connectivity index (χ2v) is 4.01. The summed E-state index contributed by atoms with van der Waals surface area (Å²) in [6.07, 6.45) is 0. The average Bonchev–Trinajstić information content (AvgIpc) is 2.30. The van der Waals surface area contributed by atoms with Crippen molar-refractivity contribution in [1.29, 1.82) is 0 Å². The molecule has 0 saturated carbocycles. The number of rotatable bonds is 2. The quantitative estimate of drug-likeness (QED) is 0.785. The molecular weight excluding hydrogens is 207 g/mol. The van der Waals surface area contributed by atoms with Crippen LogP contribution in [-0.4, -0.2) is 5.11 Å². The minimum absolute atomic E-state index is 0.261. The van der Waals surface area contributed by atoms with E-state index in [1.54, 1.807) is 12.1 Å². The third kappa shape index (κ3) is 2.23. The largest absolute Gasteiger partial charge is 0.508 e. The van der Waals surface area contributed by atoms with Crippen molar-refractivity contribution in [1.82, 2.24) is 0 Å². The van der Waals surface area contributed by atoms with Gasteiger partial charge in [0.1, 0.15) is 5.75 Å². The van der Waals surface area contributed by atoms with Crippen molar-refractivity contribution < 1.29 is 9.67 Å². The van der Waals surface area contributed by atoms with Gasteiger partial charge in [0.15, 0.2) is 5.30 Å². The Morgan fingerprint density at radius 2 is 1.27 bits per heavy atom. The van der Waals surface area contributed by atoms with Crippen molar-refractivity contribution in [3.05, 3.63) is 48.5 Å². The molecule has 2 nitrogen and oxygen atoms in total. The number of phenolic OH excluding ortho intramolecular Hbond substituents is 1. The smallest absolute Gasteiger partial charge is 0.363 e. The van der Waals surface area contributed by atoms with Gasteiger partial charge < -0.3 is 5.11 Å². The molecule has 2 rings (SSSR count). The van der Waals surface area contributed by atoms with Gasteiger partial charge in [0.25, 0.3) is 0 Å². The van der Waals surface area contributed by atoms with Crippen LogP contribution in [0.4, 0.5) is 0 Å². The van der Waals surface area contributed by atoms with Crippen molar-refractivity contribution >= 4 is 13.8 Å². The summed E-state index contributed by atoms with van der Waals surface area (Å²) < 4.78 is 10.6. The highest BCUT2D eigenvalue weighted by Gasteiger charge is 2.01. The van der Waals surface area contributed by atoms with E-state index in [9.17, 15) is 4.57 Å². The molecule has 3 heteroatoms. The Kier molecular flexibility index (Phi) is 2.79. The van der Waals surface area contributed by atoms with Crippen molar-refractivity contribution in [3.63, 3.8) is 0 Å². The third-order valence-electron chi connectivity index (χ3n) is 2.20. The Morgan fingerprint density at radius 3 is 1.73 bits per heavy atom. The summed E-state index contributed by atoms with van der Waals surface area (Å²) in [5.74, 6) is 0.261. The minimum Gasteiger partial charge on any atom is -0.508 e. The van der Waals surface area contributed by atoms with Gasteiger partial charge in [0.2, 0.25) is 0 Å². The molecule has 0 aromatic heterocycles. The summed E-state index contributed by atoms with van der Waals surface area (Å²) in [4.78, 5) is 0. The maximum Gasteiger partial charge on any atom is 0.363 e. The molecule has 0 fully saturated rings. The number of phenols is 1. The summed E-state index contributed by atoms with van der Waals surface area (Å²) >= 11 is 0. The van der Waals surface area contributed by atoms with Gasteiger partial charge in [0, 0.05) is 0 Å². The fraction of sp³-hybridized carbons (Fsp3) is 0. The van der Waals surface area contributed by atoms with Crippen LogP contribution in [0, 0.1) is 0 Å². The van der Waals surface area contributed by atoms with Crippen LogP contribution in [0.25, 0.3) is 11.1 Å². The molecule has 0 amide bonds. The minimum atomic E-state index is -0.408. The normalized spacial score (nSPS) is 10.4. The maximum atomic E-state index is 10.6. The molecule has 0 spiro atoms. The van der Waals surface area contributed by atoms with Gasteiger partial charge in [-0.15, -0.1) is 0 Å². The van der Waals surface area contributed by atoms with Crippen LogP contribution >= 0.6 is 8.46 Å². The molecule has 0 aliphatic heterocycles. The van der Waals surface area contributed by atoms with Gasteiger partial charge in [-0.2, -0.15) is 0 Å². The van der Waals surface area contributed by atoms with Crippen LogP contribution in [-0.2, 0) is 4.57 Å². The molecule has 0 bridgehead atoms. The van der Waals surface area contributed by atoms with Gasteiger partial charge in [0.05, 0.1) is 0 Å². The Morgan fingerprint density at radius 1 is 0.800 bits per heavy atom. The maximum absolute atomic E-state index is 10.6. The van der Waals surface area contributed by atoms with Crippen molar-refractivity contribution in [2.24, 2.45) is 0 Å². The van der Waals surface area contributed by atoms with E-state index in [0.717, 1.165) is 16.4 Å². The zero-order valence-corrected chi connectivity index (χ0v) is 8.97. The monoisotopic (exact) mass is 217 g/mol. The topological polar surface area (TPSA) is 37.3 Å². The third-order valence-corrected chi connectivity index (χ3v) is 2.77. The van der Waals surface area contributed by atoms with Crippen LogP contribution in [0.15, 0.2) is 48.5 Å². The highest BCUT2D eigenvalue weighted by molar-refractivity contribution is 7.34. The summed E-state index contributed by atoms with van der Waals surface area (Å²) in [5, 5.41) is 9.96. The Hall–Kier alpha value is -1.66. The van der Waals surface area contributed by atoms with E-state index in [1.807, 2.05) is 36.4 Å². The molecule has 2 aromatic rings. The number of hydrogen-bond acceptors (Lipinski definition) is 2. The highest BCUT2D eigenvalue weighted by Crippen LogP contribution is 2.21. The first-order chi connectivity index (χ1) is 7.29. The number of aromatic hydroxyl groups is 1. The van der Waals surface area contributed by atoms with E-state index in [-0.39, 0.29) is 5.75 Å². The molecular formula is C12H10O2P+. The molecule has 0 aliphatic carbocycles. The molecule has 1 atom stereocenters. The zero-order valence-electron chi connectivity index (χ0n) is 7.97. The second-order valence-electron chi connectivity index (χ2n) is 3.23. The summed E-state index contributed by atoms with van der Waals surface area (Å²) in [7, 11) is -0.408. The Balaban J connectivity index is 2.37. The predicted molar refractivity (Wildman–Crippen MR) is 62.2 cm³/mol. The van der Waals surface area contributed by atoms with Crippen molar-refractivity contribution in [2.75, 3.05) is 0 Å². The molecule has 15 heavy (non-hydrogen) atoms. The molecule has 0 aliphatic rings. The molecule has 2 aromatic carbocycles. The fourth-order valence-electron chi connectivity index (χ4n) is 1.38. The van der Waals surface area contributed by atoms with Gasteiger partial charge >= 0.3 is 8.46 Å². The summed E-state index contributed by atoms with van der Waals surface area (Å²) in [5.41, 5.74) is 2.09. The lowest BCUT2D eigenvalue weighted by molar-refractivity contribution is 0.475. The first kappa shape index (κ1) is 9.88. The van der Waals surface area contributed by atoms with Crippen LogP contribution in [0.1, 0.15) is 0 Å². The van der Waals surface area contributed by atoms with Crippen LogP contribution in [0.5, 0.6) is 5.75 Å². The first-order valence-electron chi connectivity index (χ1n) is 4.57. The molecule has 0 radical (unpaired) electrons. The molecule has 1 unspecified atom stereocenters. The lowest BCUT2D eigenvalue weighted by atomic mass is 10.1. The van der Waals surface area contributed by atoms with E-state index in [2.05, 4.69) is 0 Å². The van der Waals surface area contributed by atoms with Crippen LogP contribution in [0.3, 0.4) is 0 Å². The molecule has 74 valence electrons. The Bertz CT molecular complexity index is 460. The first-order valence-corrected chi connectivity index (χ1v) is 5.48. The van der Waals surface area contributed by atoms with Crippen molar-refractivity contribution in [3.8, 4) is 16.9 Å². The van der Waals surface area contributed by atoms with E-state index in [1.165, 1.54) is 0 Å². The summed E-state index contributed by atoms with van der Waals surface area (Å²) in [6, 6.07) is 14.5. The van der Waals surface area contributed by atoms with E-state index < -0.39 is 8.46 Å². The second kappa shape index (κ2) is 4.24. The Labute approximate surface area is 89.4 Å². The average molecular weight is 217 g/mol. The lowest BCUT2D eigenvalue weighted by Gasteiger charge is -2.00. The molecule has 0 saturated heterocycles. The van der Waals surface area contributed by atoms with E-state index in [4.69, 9.17) is 5.11 Å². The SMILES string of the molecule is O=[PH+]c1ccc(-c2ccc(O)cc2)cc1. The standard InChI is InChI=1S/C12H9O2P/c13-11-5-1-9(2-6-11)10-3-7-12(15-14)8-4-10/h1-8,13H/p+1. The predicted octanol–water partition coefficient (Wildman–Crippen LogP) is 2.71. The van der Waals surface area contributed by atoms with Gasteiger partial charge in [-0.3, -0.25) is 0 Å². The highest BCUT2D eigenvalue weighted by atomic mass is 31.1. The summed E-state index contributed by atoms with van der Waals surface area (Å²) in [6.45, 7) is 0. The molecule has 1 N–H and O–H groups in total. The van der Waals surface area contributed by atoms with Gasteiger partial charge in [-0.1, -0.05) is 16.7 Å². The van der Waals surface area contributed by atoms with Crippen LogP contribution in [0.2, 0.25) is 0 Å². The van der Waals surface area contributed by atoms with E-state index in [0.29, 0.717) is 0 Å². The van der Waals surface area contributed by atoms with Gasteiger partial charge in [-0.25, -0.2) is 0 Å². The lowest BCUT2D eigenvalue weighted by Crippen LogP contribution is -1.88. The van der Waals surface area contributed by atoms with E-state index >= 15 is 0 Å². The zero-order chi connectivity index (χ0) is 10.7. The number of benzene rings is 2. The molecule has 0 heterocycles. The van der Waals surface area contributed by atoms with Gasteiger partial charge in [-0.05, 0) is 47.5 Å². The number of hydrogen-bond donors (Lipinski definition) is 1.